The van der Waals surface area contributed by atoms with Crippen LogP contribution in [0.1, 0.15) is 109 Å². The van der Waals surface area contributed by atoms with Crippen LogP contribution in [0.3, 0.4) is 0 Å². The van der Waals surface area contributed by atoms with E-state index < -0.39 is 6.67 Å². The number of rotatable bonds is 9. The van der Waals surface area contributed by atoms with Crippen molar-refractivity contribution in [2.75, 3.05) is 0 Å². The van der Waals surface area contributed by atoms with E-state index in [2.05, 4.69) is 66.0 Å². The molecular weight excluding hydrogens is 555 g/mol. The van der Waals surface area contributed by atoms with Crippen molar-refractivity contribution in [3.63, 3.8) is 0 Å². The van der Waals surface area contributed by atoms with Gasteiger partial charge in [0.25, 0.3) is 0 Å². The average molecular weight is 607 g/mol. The summed E-state index contributed by atoms with van der Waals surface area (Å²) >= 11 is 0. The number of esters is 2. The van der Waals surface area contributed by atoms with Gasteiger partial charge in [-0.1, -0.05) is 30.3 Å². The highest BCUT2D eigenvalue weighted by molar-refractivity contribution is 5.90. The first-order valence-electron chi connectivity index (χ1n) is 15.9. The highest BCUT2D eigenvalue weighted by Crippen LogP contribution is 2.32. The maximum atomic E-state index is 14.0. The molecule has 4 rings (SSSR count). The van der Waals surface area contributed by atoms with Crippen LogP contribution >= 0.6 is 0 Å². The van der Waals surface area contributed by atoms with Crippen molar-refractivity contribution in [2.24, 2.45) is 0 Å². The number of aryl methyl sites for hydroxylation is 1. The number of carbonyl (C=O) groups excluding carboxylic acids is 2. The lowest BCUT2D eigenvalue weighted by Crippen LogP contribution is -2.59. The van der Waals surface area contributed by atoms with Gasteiger partial charge in [-0.15, -0.1) is 0 Å². The molecule has 0 bridgehead atoms. The lowest BCUT2D eigenvalue weighted by molar-refractivity contribution is -0.147. The minimum absolute atomic E-state index is 0.0961. The van der Waals surface area contributed by atoms with Crippen molar-refractivity contribution in [3.8, 4) is 11.1 Å². The highest BCUT2D eigenvalue weighted by atomic mass is 19.1. The minimum Gasteiger partial charge on any atom is -0.459 e. The number of alkyl halides is 1. The highest BCUT2D eigenvalue weighted by Gasteiger charge is 2.40. The molecule has 0 amide bonds. The summed E-state index contributed by atoms with van der Waals surface area (Å²) in [4.78, 5) is 25.4. The third-order valence-corrected chi connectivity index (χ3v) is 8.50. The summed E-state index contributed by atoms with van der Waals surface area (Å²) in [7, 11) is 0. The molecule has 0 unspecified atom stereocenters. The van der Waals surface area contributed by atoms with Crippen LogP contribution in [0.15, 0.2) is 54.6 Å². The normalized spacial score (nSPS) is 21.2. The minimum atomic E-state index is -0.580. The molecule has 240 valence electrons. The molecule has 0 atom stereocenters. The van der Waals surface area contributed by atoms with E-state index in [1.807, 2.05) is 30.3 Å². The van der Waals surface area contributed by atoms with E-state index in [0.717, 1.165) is 42.4 Å². The molecule has 0 saturated carbocycles. The average Bonchev–Trinajstić information content (AvgIpc) is 2.87. The fraction of sp³-hybridized carbons (Fsp3) is 0.568. The van der Waals surface area contributed by atoms with Crippen LogP contribution in [-0.2, 0) is 27.4 Å². The molecule has 6 nitrogen and oxygen atoms in total. The van der Waals surface area contributed by atoms with E-state index in [1.54, 1.807) is 18.2 Å². The SMILES string of the molecule is CC1(C)CC(OC(=O)/C=C/CCc2ccc(-c3ccc(C(=O)OC4CC(C)(C)NC(C)(C)C4)cc3)cc2CF)CC(C)(C)N1. The Hall–Kier alpha value is -3.03. The van der Waals surface area contributed by atoms with Gasteiger partial charge in [0.05, 0.1) is 5.56 Å². The van der Waals surface area contributed by atoms with Crippen LogP contribution in [0, 0.1) is 0 Å². The first-order chi connectivity index (χ1) is 20.4. The van der Waals surface area contributed by atoms with E-state index >= 15 is 0 Å². The fourth-order valence-corrected chi connectivity index (χ4v) is 7.44. The number of ether oxygens (including phenoxy) is 2. The van der Waals surface area contributed by atoms with Crippen LogP contribution < -0.4 is 10.6 Å². The molecule has 2 fully saturated rings. The number of halogens is 1. The molecule has 0 aliphatic carbocycles. The quantitative estimate of drug-likeness (QED) is 0.226. The Bertz CT molecular complexity index is 1330. The first-order valence-corrected chi connectivity index (χ1v) is 15.9. The zero-order chi connectivity index (χ0) is 32.3. The molecule has 2 aromatic rings. The summed E-state index contributed by atoms with van der Waals surface area (Å²) in [6, 6.07) is 13.1. The van der Waals surface area contributed by atoms with Crippen LogP contribution in [0.5, 0.6) is 0 Å². The van der Waals surface area contributed by atoms with Gasteiger partial charge in [0.1, 0.15) is 18.9 Å². The molecule has 44 heavy (non-hydrogen) atoms. The Morgan fingerprint density at radius 3 is 1.77 bits per heavy atom. The smallest absolute Gasteiger partial charge is 0.338 e. The largest absolute Gasteiger partial charge is 0.459 e. The van der Waals surface area contributed by atoms with E-state index in [-0.39, 0.29) is 46.3 Å². The number of piperidine rings is 2. The summed E-state index contributed by atoms with van der Waals surface area (Å²) in [5.41, 5.74) is 3.41. The van der Waals surface area contributed by atoms with Crippen LogP contribution in [-0.4, -0.2) is 46.3 Å². The van der Waals surface area contributed by atoms with Crippen molar-refractivity contribution in [1.82, 2.24) is 10.6 Å². The maximum absolute atomic E-state index is 14.0. The van der Waals surface area contributed by atoms with Gasteiger partial charge in [-0.25, -0.2) is 14.0 Å². The van der Waals surface area contributed by atoms with Crippen molar-refractivity contribution in [3.05, 3.63) is 71.3 Å². The van der Waals surface area contributed by atoms with Gasteiger partial charge in [-0.3, -0.25) is 0 Å². The number of hydrogen-bond acceptors (Lipinski definition) is 6. The Morgan fingerprint density at radius 1 is 0.750 bits per heavy atom. The molecule has 2 aliphatic heterocycles. The van der Waals surface area contributed by atoms with Gasteiger partial charge in [0.2, 0.25) is 0 Å². The molecule has 2 saturated heterocycles. The molecule has 2 heterocycles. The van der Waals surface area contributed by atoms with Gasteiger partial charge in [0.15, 0.2) is 0 Å². The molecule has 0 aromatic heterocycles. The lowest BCUT2D eigenvalue weighted by Gasteiger charge is -2.45. The van der Waals surface area contributed by atoms with Crippen molar-refractivity contribution >= 4 is 11.9 Å². The molecule has 2 aliphatic rings. The molecule has 0 spiro atoms. The number of benzene rings is 2. The van der Waals surface area contributed by atoms with Gasteiger partial charge in [-0.05, 0) is 109 Å². The number of hydrogen-bond donors (Lipinski definition) is 2. The van der Waals surface area contributed by atoms with E-state index in [1.165, 1.54) is 6.08 Å². The summed E-state index contributed by atoms with van der Waals surface area (Å²) in [6.45, 7) is 16.4. The third kappa shape index (κ3) is 9.48. The molecular formula is C37H51FN2O4. The van der Waals surface area contributed by atoms with Gasteiger partial charge in [-0.2, -0.15) is 0 Å². The summed E-state index contributed by atoms with van der Waals surface area (Å²) in [5.74, 6) is -0.657. The Labute approximate surface area is 263 Å². The van der Waals surface area contributed by atoms with Crippen LogP contribution in [0.25, 0.3) is 11.1 Å². The van der Waals surface area contributed by atoms with Crippen LogP contribution in [0.4, 0.5) is 4.39 Å². The fourth-order valence-electron chi connectivity index (χ4n) is 7.44. The van der Waals surface area contributed by atoms with E-state index in [4.69, 9.17) is 9.47 Å². The van der Waals surface area contributed by atoms with Gasteiger partial charge in [0, 0.05) is 53.9 Å². The second kappa shape index (κ2) is 13.1. The molecule has 2 aromatic carbocycles. The van der Waals surface area contributed by atoms with Gasteiger partial charge < -0.3 is 20.1 Å². The standard InChI is InChI=1S/C37H51FN2O4/c1-34(2)20-30(21-35(3,4)39-34)43-32(41)12-10-9-11-25-15-18-28(19-29(25)24-38)26-13-16-27(17-14-26)33(42)44-31-22-36(5,6)40-37(7,8)23-31/h10,12-19,30-31,39-40H,9,11,20-24H2,1-8H3/b12-10+. The van der Waals surface area contributed by atoms with Crippen molar-refractivity contribution in [2.45, 2.75) is 135 Å². The summed E-state index contributed by atoms with van der Waals surface area (Å²) in [6.07, 6.45) is 7.29. The number of carbonyl (C=O) groups is 2. The Morgan fingerprint density at radius 2 is 1.25 bits per heavy atom. The summed E-state index contributed by atoms with van der Waals surface area (Å²) in [5, 5.41) is 7.20. The Kier molecular flexibility index (Phi) is 10.1. The second-order valence-corrected chi connectivity index (χ2v) is 15.3. The monoisotopic (exact) mass is 606 g/mol. The third-order valence-electron chi connectivity index (χ3n) is 8.50. The van der Waals surface area contributed by atoms with E-state index in [9.17, 15) is 14.0 Å². The van der Waals surface area contributed by atoms with Crippen molar-refractivity contribution < 1.29 is 23.5 Å². The molecule has 0 radical (unpaired) electrons. The molecule has 2 N–H and O–H groups in total. The first kappa shape index (κ1) is 33.9. The predicted octanol–water partition coefficient (Wildman–Crippen LogP) is 7.63. The Balaban J connectivity index is 1.31. The molecule has 7 heteroatoms. The number of nitrogens with one attached hydrogen (secondary N) is 2. The zero-order valence-corrected chi connectivity index (χ0v) is 27.8. The van der Waals surface area contributed by atoms with Gasteiger partial charge >= 0.3 is 11.9 Å². The van der Waals surface area contributed by atoms with Crippen molar-refractivity contribution in [1.29, 1.82) is 0 Å². The predicted molar refractivity (Wildman–Crippen MR) is 174 cm³/mol. The number of allylic oxidation sites excluding steroid dienone is 1. The lowest BCUT2D eigenvalue weighted by atomic mass is 9.81. The van der Waals surface area contributed by atoms with E-state index in [0.29, 0.717) is 24.0 Å². The van der Waals surface area contributed by atoms with Crippen LogP contribution in [0.2, 0.25) is 0 Å². The second-order valence-electron chi connectivity index (χ2n) is 15.3. The topological polar surface area (TPSA) is 76.7 Å². The maximum Gasteiger partial charge on any atom is 0.338 e. The zero-order valence-electron chi connectivity index (χ0n) is 27.8. The summed E-state index contributed by atoms with van der Waals surface area (Å²) < 4.78 is 25.7.